The molecule has 0 aromatic heterocycles. The Morgan fingerprint density at radius 2 is 0.473 bits per heavy atom. The Bertz CT molecular complexity index is 3010. The molecule has 4 N–H and O–H groups in total. The number of esters is 2. The number of ether oxygens (including phenoxy) is 2. The number of aliphatic carboxylic acids is 4. The fourth-order valence-corrected chi connectivity index (χ4v) is 15.8. The van der Waals surface area contributed by atoms with Gasteiger partial charge in [0.15, 0.2) is 0 Å². The van der Waals surface area contributed by atoms with E-state index in [-0.39, 0.29) is 73.0 Å². The van der Waals surface area contributed by atoms with Crippen molar-refractivity contribution in [3.8, 4) is 34.5 Å². The van der Waals surface area contributed by atoms with Crippen LogP contribution in [0.2, 0.25) is 0 Å². The third-order valence-electron chi connectivity index (χ3n) is 10.1. The molecule has 0 bridgehead atoms. The van der Waals surface area contributed by atoms with Gasteiger partial charge in [-0.1, -0.05) is 86.3 Å². The van der Waals surface area contributed by atoms with E-state index in [0.717, 1.165) is 0 Å². The summed E-state index contributed by atoms with van der Waals surface area (Å²) in [7, 11) is -11.2. The zero-order valence-corrected chi connectivity index (χ0v) is 42.0. The first-order chi connectivity index (χ1) is 35.4. The van der Waals surface area contributed by atoms with Crippen molar-refractivity contribution in [3.05, 3.63) is 179 Å². The molecule has 7 rings (SSSR count). The lowest BCUT2D eigenvalue weighted by Crippen LogP contribution is -2.11. The summed E-state index contributed by atoms with van der Waals surface area (Å²) >= 11 is 0. The molecule has 6 aromatic carbocycles. The van der Waals surface area contributed by atoms with E-state index in [1.807, 2.05) is 0 Å². The highest BCUT2D eigenvalue weighted by molar-refractivity contribution is 7.79. The maximum absolute atomic E-state index is 12.3. The van der Waals surface area contributed by atoms with Crippen molar-refractivity contribution in [3.63, 3.8) is 0 Å². The zero-order chi connectivity index (χ0) is 52.9. The highest BCUT2D eigenvalue weighted by atomic mass is 31.3. The summed E-state index contributed by atoms with van der Waals surface area (Å²) in [6, 6.07) is 36.2. The number of rotatable bonds is 24. The van der Waals surface area contributed by atoms with Gasteiger partial charge in [0.25, 0.3) is 0 Å². The number of benzene rings is 6. The Kier molecular flexibility index (Phi) is 17.3. The van der Waals surface area contributed by atoms with Gasteiger partial charge in [0.1, 0.15) is 34.5 Å². The minimum atomic E-state index is -4.59. The predicted molar refractivity (Wildman–Crippen MR) is 267 cm³/mol. The Balaban J connectivity index is 1.55. The monoisotopic (exact) mass is 1070 g/mol. The second-order valence-electron chi connectivity index (χ2n) is 15.9. The first-order valence-electron chi connectivity index (χ1n) is 22.0. The number of methoxy groups -OCH3 is 2. The van der Waals surface area contributed by atoms with E-state index in [1.54, 1.807) is 24.3 Å². The summed E-state index contributed by atoms with van der Waals surface area (Å²) in [5.74, 6) is -5.07. The highest BCUT2D eigenvalue weighted by Gasteiger charge is 2.49. The van der Waals surface area contributed by atoms with Gasteiger partial charge in [-0.2, -0.15) is 0 Å². The summed E-state index contributed by atoms with van der Waals surface area (Å²) in [5, 5.41) is 38.2. The van der Waals surface area contributed by atoms with Crippen LogP contribution in [0.3, 0.4) is 0 Å². The normalized spacial score (nSPS) is 16.3. The molecule has 0 fully saturated rings. The average molecular weight is 1070 g/mol. The fraction of sp³-hybridized carbons (Fsp3) is 0.160. The van der Waals surface area contributed by atoms with E-state index in [2.05, 4.69) is 0 Å². The number of hydrogen-bond donors (Lipinski definition) is 4. The molecule has 0 saturated heterocycles. The summed E-state index contributed by atoms with van der Waals surface area (Å²) < 4.78 is 65.9. The van der Waals surface area contributed by atoms with Crippen LogP contribution in [0.4, 0.5) is 0 Å². The molecule has 6 aromatic rings. The first-order valence-corrected chi connectivity index (χ1v) is 26.6. The lowest BCUT2D eigenvalue weighted by atomic mass is 10.1. The average Bonchev–Trinajstić information content (AvgIpc) is 3.34. The molecule has 1 aliphatic rings. The number of hydrogen-bond acceptors (Lipinski definition) is 17. The van der Waals surface area contributed by atoms with E-state index in [1.165, 1.54) is 136 Å². The third kappa shape index (κ3) is 15.3. The zero-order valence-electron chi connectivity index (χ0n) is 39.3. The molecule has 0 saturated carbocycles. The van der Waals surface area contributed by atoms with E-state index in [9.17, 15) is 49.2 Å². The lowest BCUT2D eigenvalue weighted by Gasteiger charge is -2.33. The van der Waals surface area contributed by atoms with Crippen molar-refractivity contribution >= 4 is 58.8 Å². The molecule has 0 amide bonds. The Hall–Kier alpha value is -8.37. The molecule has 24 heteroatoms. The van der Waals surface area contributed by atoms with Gasteiger partial charge in [0, 0.05) is 0 Å². The maximum atomic E-state index is 12.3. The van der Waals surface area contributed by atoms with Crippen LogP contribution in [0, 0.1) is 0 Å². The van der Waals surface area contributed by atoms with Gasteiger partial charge in [-0.15, -0.1) is 0 Å². The van der Waals surface area contributed by atoms with E-state index >= 15 is 0 Å². The summed E-state index contributed by atoms with van der Waals surface area (Å²) in [5.41, 5.74) is 2.72. The second-order valence-corrected chi connectivity index (χ2v) is 22.1. The number of carbonyl (C=O) groups is 6. The van der Waals surface area contributed by atoms with Gasteiger partial charge >= 0.3 is 58.8 Å². The van der Waals surface area contributed by atoms with Crippen LogP contribution in [0.15, 0.2) is 159 Å². The van der Waals surface area contributed by atoms with Gasteiger partial charge in [-0.05, 0) is 106 Å². The lowest BCUT2D eigenvalue weighted by molar-refractivity contribution is -0.140. The topological polar surface area (TPSA) is 294 Å². The molecule has 2 unspecified atom stereocenters. The van der Waals surface area contributed by atoms with Crippen LogP contribution >= 0.6 is 23.0 Å². The van der Waals surface area contributed by atoms with Crippen LogP contribution in [0.5, 0.6) is 34.5 Å². The fourth-order valence-electron chi connectivity index (χ4n) is 6.77. The summed E-state index contributed by atoms with van der Waals surface area (Å²) in [6.45, 7) is 0. The Morgan fingerprint density at radius 1 is 0.311 bits per heavy atom. The van der Waals surface area contributed by atoms with Crippen LogP contribution in [-0.2, 0) is 76.8 Å². The predicted octanol–water partition coefficient (Wildman–Crippen LogP) is 10.3. The molecule has 0 spiro atoms. The van der Waals surface area contributed by atoms with Gasteiger partial charge < -0.3 is 57.0 Å². The summed E-state index contributed by atoms with van der Waals surface area (Å²) in [4.78, 5) is 71.2. The highest BCUT2D eigenvalue weighted by Crippen LogP contribution is 2.78. The van der Waals surface area contributed by atoms with E-state index in [0.29, 0.717) is 33.4 Å². The van der Waals surface area contributed by atoms with Crippen LogP contribution in [0.1, 0.15) is 33.4 Å². The van der Waals surface area contributed by atoms with Crippen molar-refractivity contribution in [1.29, 1.82) is 0 Å². The van der Waals surface area contributed by atoms with Gasteiger partial charge in [-0.3, -0.25) is 28.8 Å². The number of carbonyl (C=O) groups excluding carboxylic acids is 2. The largest absolute Gasteiger partial charge is 0.481 e. The SMILES string of the molecule is COC(=O)Cc1ccc(OP2(Oc3ccc(CC(=O)O)cc3)=NP(Oc3ccc(CC(=O)O)cc3)(Oc3ccc(CC(=O)O)cc3)=NP(Oc3ccc(CC(=O)O)cc3)(Oc3ccc(CC(=O)OC)cc3)=N2)cc1. The second kappa shape index (κ2) is 23.9. The van der Waals surface area contributed by atoms with Crippen LogP contribution in [-0.4, -0.2) is 70.5 Å². The molecule has 1 aliphatic heterocycles. The van der Waals surface area contributed by atoms with Crippen molar-refractivity contribution in [1.82, 2.24) is 0 Å². The standard InChI is InChI=1S/C50H46N3O18P3/c1-64-49(62)31-37-11-23-43(24-12-37)70-73(68-41-19-7-35(8-20-41)29-47(58)59)51-72(66-39-15-3-33(4-16-39)27-45(54)55,67-40-17-5-34(6-18-40)28-46(56)57)52-74(53-73,69-42-21-9-36(10-22-42)30-48(60)61)71-44-25-13-38(14-26-44)32-50(63)65-2/h3-26H,27-32H2,1-2H3,(H,54,55)(H,56,57)(H,58,59)(H,60,61). The van der Waals surface area contributed by atoms with Crippen LogP contribution in [0.25, 0.3) is 0 Å². The third-order valence-corrected chi connectivity index (χ3v) is 18.3. The molecule has 0 aliphatic carbocycles. The minimum Gasteiger partial charge on any atom is -0.481 e. The van der Waals surface area contributed by atoms with Crippen molar-refractivity contribution in [2.75, 3.05) is 14.2 Å². The van der Waals surface area contributed by atoms with Crippen molar-refractivity contribution < 1.29 is 85.8 Å². The molecule has 1 heterocycles. The number of carboxylic acid groups (broad SMARTS) is 4. The van der Waals surface area contributed by atoms with E-state index < -0.39 is 58.8 Å². The molecule has 2 atom stereocenters. The first kappa shape index (κ1) is 53.4. The Labute approximate surface area is 423 Å². The summed E-state index contributed by atoms with van der Waals surface area (Å²) in [6.07, 6.45) is -1.47. The Morgan fingerprint density at radius 3 is 0.622 bits per heavy atom. The minimum absolute atomic E-state index is 0.0379. The quantitative estimate of drug-likeness (QED) is 0.0323. The van der Waals surface area contributed by atoms with Gasteiger partial charge in [-0.25, -0.2) is 0 Å². The van der Waals surface area contributed by atoms with Crippen molar-refractivity contribution in [2.45, 2.75) is 38.5 Å². The van der Waals surface area contributed by atoms with Gasteiger partial charge in [0.05, 0.1) is 52.7 Å². The van der Waals surface area contributed by atoms with Gasteiger partial charge in [0.2, 0.25) is 0 Å². The van der Waals surface area contributed by atoms with E-state index in [4.69, 9.17) is 50.2 Å². The molecule has 0 radical (unpaired) electrons. The molecule has 74 heavy (non-hydrogen) atoms. The smallest absolute Gasteiger partial charge is 0.460 e. The molecule has 384 valence electrons. The van der Waals surface area contributed by atoms with Crippen LogP contribution < -0.4 is 27.1 Å². The molecular weight excluding hydrogens is 1020 g/mol. The number of nitrogens with zero attached hydrogens (tertiary/aromatic N) is 3. The maximum Gasteiger partial charge on any atom is 0.460 e. The van der Waals surface area contributed by atoms with Crippen molar-refractivity contribution in [2.24, 2.45) is 13.5 Å². The molecular formula is C50H46N3O18P3. The number of carboxylic acids is 4. The molecule has 21 nitrogen and oxygen atoms in total.